The van der Waals surface area contributed by atoms with Gasteiger partial charge in [0.1, 0.15) is 0 Å². The van der Waals surface area contributed by atoms with E-state index in [2.05, 4.69) is 28.3 Å². The van der Waals surface area contributed by atoms with Gasteiger partial charge in [0, 0.05) is 29.1 Å². The van der Waals surface area contributed by atoms with E-state index in [4.69, 9.17) is 4.52 Å². The van der Waals surface area contributed by atoms with E-state index in [0.717, 1.165) is 27.3 Å². The van der Waals surface area contributed by atoms with Crippen LogP contribution in [0.15, 0.2) is 51.9 Å². The highest BCUT2D eigenvalue weighted by Crippen LogP contribution is 2.33. The van der Waals surface area contributed by atoms with Crippen LogP contribution in [0.1, 0.15) is 29.4 Å². The second-order valence-corrected chi connectivity index (χ2v) is 7.76. The van der Waals surface area contributed by atoms with Crippen LogP contribution < -0.4 is 4.90 Å². The van der Waals surface area contributed by atoms with Crippen molar-refractivity contribution in [2.45, 2.75) is 31.1 Å². The fourth-order valence-corrected chi connectivity index (χ4v) is 3.84. The number of nitrogens with zero attached hydrogens (tertiary/aromatic N) is 3. The molecular formula is C21H21N3O2S. The highest BCUT2D eigenvalue weighted by molar-refractivity contribution is 7.98. The average Bonchev–Trinajstić information content (AvgIpc) is 3.30. The highest BCUT2D eigenvalue weighted by atomic mass is 32.2. The number of aromatic nitrogens is 2. The van der Waals surface area contributed by atoms with Gasteiger partial charge in [0.2, 0.25) is 17.6 Å². The molecule has 3 aromatic rings. The quantitative estimate of drug-likeness (QED) is 0.620. The van der Waals surface area contributed by atoms with Gasteiger partial charge in [-0.2, -0.15) is 4.98 Å². The average molecular weight is 379 g/mol. The standard InChI is InChI=1S/C21H21N3O2S/c1-13-7-8-14(2)18(9-13)20-22-21(26-23-20)15-10-19(25)24(12-15)16-5-4-6-17(11-16)27-3/h4-9,11,15H,10,12H2,1-3H3. The molecular weight excluding hydrogens is 358 g/mol. The normalized spacial score (nSPS) is 16.9. The lowest BCUT2D eigenvalue weighted by atomic mass is 10.1. The number of carbonyl (C=O) groups excluding carboxylic acids is 1. The van der Waals surface area contributed by atoms with Crippen molar-refractivity contribution in [2.75, 3.05) is 17.7 Å². The van der Waals surface area contributed by atoms with Gasteiger partial charge in [0.05, 0.1) is 5.92 Å². The minimum absolute atomic E-state index is 0.0817. The maximum Gasteiger partial charge on any atom is 0.232 e. The maximum atomic E-state index is 12.6. The molecule has 0 radical (unpaired) electrons. The molecule has 0 aliphatic carbocycles. The Morgan fingerprint density at radius 1 is 1.19 bits per heavy atom. The summed E-state index contributed by atoms with van der Waals surface area (Å²) in [5.41, 5.74) is 4.14. The van der Waals surface area contributed by atoms with Crippen LogP contribution in [0.2, 0.25) is 0 Å². The van der Waals surface area contributed by atoms with Crippen molar-refractivity contribution in [1.82, 2.24) is 10.1 Å². The van der Waals surface area contributed by atoms with E-state index in [1.807, 2.05) is 49.3 Å². The summed E-state index contributed by atoms with van der Waals surface area (Å²) >= 11 is 1.66. The minimum Gasteiger partial charge on any atom is -0.339 e. The fourth-order valence-electron chi connectivity index (χ4n) is 3.39. The number of amides is 1. The summed E-state index contributed by atoms with van der Waals surface area (Å²) in [6.07, 6.45) is 2.42. The minimum atomic E-state index is -0.0817. The molecule has 1 aliphatic heterocycles. The van der Waals surface area contributed by atoms with Crippen LogP contribution in [-0.4, -0.2) is 28.8 Å². The van der Waals surface area contributed by atoms with E-state index in [-0.39, 0.29) is 11.8 Å². The second-order valence-electron chi connectivity index (χ2n) is 6.88. The van der Waals surface area contributed by atoms with Crippen molar-refractivity contribution in [3.63, 3.8) is 0 Å². The smallest absolute Gasteiger partial charge is 0.232 e. The number of anilines is 1. The molecule has 6 heteroatoms. The highest BCUT2D eigenvalue weighted by Gasteiger charge is 2.35. The van der Waals surface area contributed by atoms with Crippen molar-refractivity contribution in [3.05, 3.63) is 59.5 Å². The van der Waals surface area contributed by atoms with Gasteiger partial charge in [-0.1, -0.05) is 28.9 Å². The van der Waals surface area contributed by atoms with Gasteiger partial charge >= 0.3 is 0 Å². The lowest BCUT2D eigenvalue weighted by molar-refractivity contribution is -0.117. The summed E-state index contributed by atoms with van der Waals surface area (Å²) in [5.74, 6) is 1.12. The Labute approximate surface area is 162 Å². The molecule has 5 nitrogen and oxygen atoms in total. The number of carbonyl (C=O) groups is 1. The number of hydrogen-bond donors (Lipinski definition) is 0. The maximum absolute atomic E-state index is 12.6. The van der Waals surface area contributed by atoms with E-state index in [0.29, 0.717) is 24.7 Å². The van der Waals surface area contributed by atoms with Crippen molar-refractivity contribution in [1.29, 1.82) is 0 Å². The molecule has 0 bridgehead atoms. The lowest BCUT2D eigenvalue weighted by Crippen LogP contribution is -2.24. The zero-order chi connectivity index (χ0) is 19.0. The lowest BCUT2D eigenvalue weighted by Gasteiger charge is -2.16. The van der Waals surface area contributed by atoms with E-state index in [1.54, 1.807) is 11.8 Å². The first kappa shape index (κ1) is 17.8. The van der Waals surface area contributed by atoms with E-state index in [1.165, 1.54) is 0 Å². The molecule has 1 saturated heterocycles. The summed E-state index contributed by atoms with van der Waals surface area (Å²) in [5, 5.41) is 4.16. The Kier molecular flexibility index (Phi) is 4.74. The van der Waals surface area contributed by atoms with Gasteiger partial charge < -0.3 is 9.42 Å². The van der Waals surface area contributed by atoms with E-state index in [9.17, 15) is 4.79 Å². The predicted octanol–water partition coefficient (Wildman–Crippen LogP) is 4.60. The van der Waals surface area contributed by atoms with Crippen LogP contribution in [0.4, 0.5) is 5.69 Å². The fraction of sp³-hybridized carbons (Fsp3) is 0.286. The molecule has 1 aromatic heterocycles. The summed E-state index contributed by atoms with van der Waals surface area (Å²) < 4.78 is 5.53. The molecule has 2 aromatic carbocycles. The van der Waals surface area contributed by atoms with Gasteiger partial charge in [-0.25, -0.2) is 0 Å². The van der Waals surface area contributed by atoms with Crippen molar-refractivity contribution >= 4 is 23.4 Å². The Morgan fingerprint density at radius 2 is 2.04 bits per heavy atom. The van der Waals surface area contributed by atoms with Gasteiger partial charge in [0.25, 0.3) is 0 Å². The van der Waals surface area contributed by atoms with Crippen LogP contribution in [-0.2, 0) is 4.79 Å². The first-order valence-corrected chi connectivity index (χ1v) is 10.1. The third kappa shape index (κ3) is 3.49. The Balaban J connectivity index is 1.58. The van der Waals surface area contributed by atoms with Crippen molar-refractivity contribution in [3.8, 4) is 11.4 Å². The van der Waals surface area contributed by atoms with Gasteiger partial charge in [-0.3, -0.25) is 4.79 Å². The first-order valence-electron chi connectivity index (χ1n) is 8.91. The van der Waals surface area contributed by atoms with Gasteiger partial charge in [-0.05, 0) is 49.9 Å². The molecule has 27 heavy (non-hydrogen) atoms. The van der Waals surface area contributed by atoms with E-state index < -0.39 is 0 Å². The summed E-state index contributed by atoms with van der Waals surface area (Å²) in [4.78, 5) is 20.1. The molecule has 0 spiro atoms. The van der Waals surface area contributed by atoms with E-state index >= 15 is 0 Å². The van der Waals surface area contributed by atoms with Crippen molar-refractivity contribution < 1.29 is 9.32 Å². The third-order valence-electron chi connectivity index (χ3n) is 4.91. The van der Waals surface area contributed by atoms with Crippen LogP contribution in [0.25, 0.3) is 11.4 Å². The van der Waals surface area contributed by atoms with Crippen LogP contribution in [0.5, 0.6) is 0 Å². The Bertz CT molecular complexity index is 999. The Hall–Kier alpha value is -2.60. The van der Waals surface area contributed by atoms with Crippen molar-refractivity contribution in [2.24, 2.45) is 0 Å². The monoisotopic (exact) mass is 379 g/mol. The second kappa shape index (κ2) is 7.19. The number of aryl methyl sites for hydroxylation is 2. The van der Waals surface area contributed by atoms with Gasteiger partial charge in [-0.15, -0.1) is 11.8 Å². The number of thioether (sulfide) groups is 1. The molecule has 138 valence electrons. The number of rotatable bonds is 4. The largest absolute Gasteiger partial charge is 0.339 e. The first-order chi connectivity index (χ1) is 13.0. The molecule has 1 aliphatic rings. The predicted molar refractivity (Wildman–Crippen MR) is 107 cm³/mol. The number of hydrogen-bond acceptors (Lipinski definition) is 5. The number of benzene rings is 2. The third-order valence-corrected chi connectivity index (χ3v) is 5.64. The molecule has 0 saturated carbocycles. The molecule has 1 unspecified atom stereocenters. The molecule has 2 heterocycles. The molecule has 4 rings (SSSR count). The summed E-state index contributed by atoms with van der Waals surface area (Å²) in [7, 11) is 0. The summed E-state index contributed by atoms with van der Waals surface area (Å²) in [6.45, 7) is 4.63. The molecule has 1 fully saturated rings. The van der Waals surface area contributed by atoms with Crippen LogP contribution in [0, 0.1) is 13.8 Å². The zero-order valence-electron chi connectivity index (χ0n) is 15.6. The van der Waals surface area contributed by atoms with Crippen LogP contribution in [0.3, 0.4) is 0 Å². The molecule has 1 atom stereocenters. The Morgan fingerprint density at radius 3 is 2.85 bits per heavy atom. The molecule has 0 N–H and O–H groups in total. The van der Waals surface area contributed by atoms with Gasteiger partial charge in [0.15, 0.2) is 0 Å². The van der Waals surface area contributed by atoms with Crippen LogP contribution >= 0.6 is 11.8 Å². The topological polar surface area (TPSA) is 59.2 Å². The summed E-state index contributed by atoms with van der Waals surface area (Å²) in [6, 6.07) is 14.2. The zero-order valence-corrected chi connectivity index (χ0v) is 16.4. The SMILES string of the molecule is CSc1cccc(N2CC(c3nc(-c4cc(C)ccc4C)no3)CC2=O)c1. The molecule has 1 amide bonds.